The lowest BCUT2D eigenvalue weighted by Gasteiger charge is -2.32. The summed E-state index contributed by atoms with van der Waals surface area (Å²) in [6, 6.07) is 0. The Hall–Kier alpha value is -2.71. The number of carbonyl (C=O) groups excluding carboxylic acids is 3. The van der Waals surface area contributed by atoms with Crippen LogP contribution in [0.1, 0.15) is 54.9 Å². The van der Waals surface area contributed by atoms with Crippen LogP contribution < -0.4 is 5.32 Å². The van der Waals surface area contributed by atoms with Crippen molar-refractivity contribution in [3.8, 4) is 0 Å². The molecule has 2 amide bonds. The van der Waals surface area contributed by atoms with Gasteiger partial charge in [-0.1, -0.05) is 0 Å². The summed E-state index contributed by atoms with van der Waals surface area (Å²) in [6.07, 6.45) is 0.588. The third kappa shape index (κ3) is 6.13. The number of hydrogen-bond acceptors (Lipinski definition) is 7. The average Bonchev–Trinajstić information content (AvgIpc) is 2.88. The topological polar surface area (TPSA) is 97.4 Å². The lowest BCUT2D eigenvalue weighted by atomic mass is 10.1. The van der Waals surface area contributed by atoms with Gasteiger partial charge in [-0.25, -0.2) is 19.3 Å². The van der Waals surface area contributed by atoms with Crippen LogP contribution in [0.4, 0.5) is 9.59 Å². The van der Waals surface area contributed by atoms with E-state index in [1.54, 1.807) is 48.5 Å². The molecule has 2 aliphatic rings. The van der Waals surface area contributed by atoms with Gasteiger partial charge in [-0.15, -0.1) is 0 Å². The zero-order valence-corrected chi connectivity index (χ0v) is 18.2. The van der Waals surface area contributed by atoms with Gasteiger partial charge >= 0.3 is 18.2 Å². The summed E-state index contributed by atoms with van der Waals surface area (Å²) in [4.78, 5) is 40.1. The number of nitrogens with one attached hydrogen (secondary N) is 1. The van der Waals surface area contributed by atoms with Crippen molar-refractivity contribution in [3.63, 3.8) is 0 Å². The molecule has 0 unspecified atom stereocenters. The summed E-state index contributed by atoms with van der Waals surface area (Å²) in [6.45, 7) is 13.1. The molecular weight excluding hydrogens is 378 g/mol. The molecule has 2 heterocycles. The average molecular weight is 409 g/mol. The van der Waals surface area contributed by atoms with Gasteiger partial charge in [-0.05, 0) is 48.5 Å². The van der Waals surface area contributed by atoms with Crippen molar-refractivity contribution in [3.05, 3.63) is 23.3 Å². The van der Waals surface area contributed by atoms with Crippen LogP contribution in [0.25, 0.3) is 0 Å². The Labute approximate surface area is 171 Å². The summed E-state index contributed by atoms with van der Waals surface area (Å²) >= 11 is 0. The van der Waals surface area contributed by atoms with Gasteiger partial charge in [0.05, 0.1) is 24.9 Å². The third-order valence-electron chi connectivity index (χ3n) is 3.88. The van der Waals surface area contributed by atoms with Crippen LogP contribution in [0.15, 0.2) is 23.3 Å². The Morgan fingerprint density at radius 3 is 2.17 bits per heavy atom. The van der Waals surface area contributed by atoms with E-state index in [9.17, 15) is 14.4 Å². The SMILES string of the molecule is CCOC(=O)C=C1NC2=C(CN(C(=O)OC(C)(C)C)CC2)N1C(=O)OC(C)(C)C. The van der Waals surface area contributed by atoms with Crippen molar-refractivity contribution >= 4 is 18.2 Å². The van der Waals surface area contributed by atoms with E-state index in [2.05, 4.69) is 5.32 Å². The Kier molecular flexibility index (Phi) is 6.50. The highest BCUT2D eigenvalue weighted by Gasteiger charge is 2.39. The van der Waals surface area contributed by atoms with Crippen molar-refractivity contribution in [1.29, 1.82) is 0 Å². The van der Waals surface area contributed by atoms with Crippen LogP contribution in [-0.2, 0) is 19.0 Å². The number of ether oxygens (including phenoxy) is 3. The van der Waals surface area contributed by atoms with Crippen LogP contribution >= 0.6 is 0 Å². The summed E-state index contributed by atoms with van der Waals surface area (Å²) in [5.41, 5.74) is -0.0489. The predicted molar refractivity (Wildman–Crippen MR) is 105 cm³/mol. The molecule has 29 heavy (non-hydrogen) atoms. The van der Waals surface area contributed by atoms with Gasteiger partial charge in [0.15, 0.2) is 0 Å². The normalized spacial score (nSPS) is 18.4. The van der Waals surface area contributed by atoms with Gasteiger partial charge in [0, 0.05) is 18.7 Å². The Bertz CT molecular complexity index is 742. The van der Waals surface area contributed by atoms with Gasteiger partial charge in [0.1, 0.15) is 17.0 Å². The van der Waals surface area contributed by atoms with Gasteiger partial charge in [0.2, 0.25) is 0 Å². The molecule has 9 nitrogen and oxygen atoms in total. The van der Waals surface area contributed by atoms with Gasteiger partial charge in [-0.2, -0.15) is 0 Å². The van der Waals surface area contributed by atoms with E-state index in [1.807, 2.05) is 0 Å². The molecule has 162 valence electrons. The Morgan fingerprint density at radius 1 is 1.03 bits per heavy atom. The lowest BCUT2D eigenvalue weighted by molar-refractivity contribution is -0.137. The highest BCUT2D eigenvalue weighted by atomic mass is 16.6. The minimum atomic E-state index is -0.727. The molecule has 0 atom stereocenters. The molecular formula is C20H31N3O6. The first-order valence-corrected chi connectivity index (χ1v) is 9.69. The highest BCUT2D eigenvalue weighted by molar-refractivity contribution is 5.85. The van der Waals surface area contributed by atoms with Crippen LogP contribution in [0.2, 0.25) is 0 Å². The maximum atomic E-state index is 12.9. The van der Waals surface area contributed by atoms with E-state index in [4.69, 9.17) is 14.2 Å². The molecule has 9 heteroatoms. The second-order valence-corrected chi connectivity index (χ2v) is 8.80. The number of amides is 2. The van der Waals surface area contributed by atoms with E-state index in [1.165, 1.54) is 15.9 Å². The quantitative estimate of drug-likeness (QED) is 0.425. The van der Waals surface area contributed by atoms with E-state index < -0.39 is 29.4 Å². The van der Waals surface area contributed by atoms with Crippen molar-refractivity contribution in [2.75, 3.05) is 19.7 Å². The molecule has 0 fully saturated rings. The zero-order valence-electron chi connectivity index (χ0n) is 18.2. The third-order valence-corrected chi connectivity index (χ3v) is 3.88. The van der Waals surface area contributed by atoms with E-state index in [-0.39, 0.29) is 19.0 Å². The predicted octanol–water partition coefficient (Wildman–Crippen LogP) is 3.08. The molecule has 2 rings (SSSR count). The number of hydrogen-bond donors (Lipinski definition) is 1. The minimum Gasteiger partial charge on any atom is -0.463 e. The first-order chi connectivity index (χ1) is 13.3. The number of esters is 1. The second kappa shape index (κ2) is 8.34. The maximum Gasteiger partial charge on any atom is 0.420 e. The molecule has 0 aromatic carbocycles. The van der Waals surface area contributed by atoms with Crippen molar-refractivity contribution in [2.45, 2.75) is 66.1 Å². The monoisotopic (exact) mass is 409 g/mol. The van der Waals surface area contributed by atoms with Crippen LogP contribution in [0, 0.1) is 0 Å². The molecule has 0 aliphatic carbocycles. The summed E-state index contributed by atoms with van der Waals surface area (Å²) in [5.74, 6) is -0.332. The molecule has 0 aromatic rings. The minimum absolute atomic E-state index is 0.149. The molecule has 0 bridgehead atoms. The molecule has 0 saturated carbocycles. The number of carbonyl (C=O) groups is 3. The summed E-state index contributed by atoms with van der Waals surface area (Å²) in [7, 11) is 0. The fourth-order valence-electron chi connectivity index (χ4n) is 2.84. The van der Waals surface area contributed by atoms with Crippen molar-refractivity contribution in [2.24, 2.45) is 0 Å². The van der Waals surface area contributed by atoms with Gasteiger partial charge < -0.3 is 24.4 Å². The maximum absolute atomic E-state index is 12.9. The molecule has 2 aliphatic heterocycles. The second-order valence-electron chi connectivity index (χ2n) is 8.80. The largest absolute Gasteiger partial charge is 0.463 e. The number of rotatable bonds is 2. The van der Waals surface area contributed by atoms with Crippen LogP contribution in [0.5, 0.6) is 0 Å². The molecule has 0 aromatic heterocycles. The Morgan fingerprint density at radius 2 is 1.62 bits per heavy atom. The van der Waals surface area contributed by atoms with Crippen LogP contribution in [0.3, 0.4) is 0 Å². The van der Waals surface area contributed by atoms with Crippen molar-refractivity contribution < 1.29 is 28.6 Å². The van der Waals surface area contributed by atoms with Crippen LogP contribution in [-0.4, -0.2) is 58.9 Å². The smallest absolute Gasteiger partial charge is 0.420 e. The fraction of sp³-hybridized carbons (Fsp3) is 0.650. The molecule has 0 spiro atoms. The van der Waals surface area contributed by atoms with E-state index >= 15 is 0 Å². The highest BCUT2D eigenvalue weighted by Crippen LogP contribution is 2.31. The van der Waals surface area contributed by atoms with Gasteiger partial charge in [-0.3, -0.25) is 0 Å². The summed E-state index contributed by atoms with van der Waals surface area (Å²) in [5, 5.41) is 3.09. The van der Waals surface area contributed by atoms with E-state index in [0.717, 1.165) is 5.70 Å². The number of nitrogens with zero attached hydrogens (tertiary/aromatic N) is 2. The van der Waals surface area contributed by atoms with E-state index in [0.29, 0.717) is 18.7 Å². The molecule has 0 radical (unpaired) electrons. The lowest BCUT2D eigenvalue weighted by Crippen LogP contribution is -2.43. The molecule has 1 N–H and O–H groups in total. The summed E-state index contributed by atoms with van der Waals surface area (Å²) < 4.78 is 15.9. The first-order valence-electron chi connectivity index (χ1n) is 9.69. The van der Waals surface area contributed by atoms with Crippen molar-refractivity contribution in [1.82, 2.24) is 15.1 Å². The standard InChI is InChI=1S/C20H31N3O6/c1-8-27-16(24)11-15-21-13-9-10-22(17(25)28-19(2,3)4)12-14(13)23(15)18(26)29-20(5,6)7/h11,21H,8-10,12H2,1-7H3. The first kappa shape index (κ1) is 22.6. The van der Waals surface area contributed by atoms with Gasteiger partial charge in [0.25, 0.3) is 0 Å². The molecule has 0 saturated heterocycles. The zero-order chi connectivity index (χ0) is 22.0. The Balaban J connectivity index is 2.29. The fourth-order valence-corrected chi connectivity index (χ4v) is 2.84.